The van der Waals surface area contributed by atoms with Gasteiger partial charge in [-0.05, 0) is 19.4 Å². The third kappa shape index (κ3) is 2.22. The summed E-state index contributed by atoms with van der Waals surface area (Å²) in [6, 6.07) is 2.45. The van der Waals surface area contributed by atoms with Gasteiger partial charge in [-0.1, -0.05) is 32.6 Å². The van der Waals surface area contributed by atoms with E-state index in [-0.39, 0.29) is 5.54 Å². The molecule has 1 aliphatic rings. The van der Waals surface area contributed by atoms with Gasteiger partial charge in [0.2, 0.25) is 0 Å². The molecule has 0 saturated heterocycles. The Morgan fingerprint density at radius 3 is 2.25 bits per heavy atom. The molecule has 0 aliphatic heterocycles. The molecule has 0 radical (unpaired) electrons. The first-order valence-electron chi connectivity index (χ1n) is 4.99. The van der Waals surface area contributed by atoms with Gasteiger partial charge in [0.25, 0.3) is 0 Å². The molecule has 1 saturated carbocycles. The molecule has 2 nitrogen and oxygen atoms in total. The van der Waals surface area contributed by atoms with Crippen molar-refractivity contribution in [2.75, 3.05) is 6.54 Å². The predicted octanol–water partition coefficient (Wildman–Crippen LogP) is 2.21. The Morgan fingerprint density at radius 2 is 1.83 bits per heavy atom. The summed E-state index contributed by atoms with van der Waals surface area (Å²) in [5.41, 5.74) is -0.189. The Balaban J connectivity index is 2.56. The van der Waals surface area contributed by atoms with E-state index in [1.165, 1.54) is 25.7 Å². The van der Waals surface area contributed by atoms with Crippen molar-refractivity contribution in [2.24, 2.45) is 0 Å². The van der Waals surface area contributed by atoms with Gasteiger partial charge in [0.1, 0.15) is 5.54 Å². The van der Waals surface area contributed by atoms with Crippen LogP contribution in [0.25, 0.3) is 0 Å². The van der Waals surface area contributed by atoms with Crippen LogP contribution in [0.4, 0.5) is 0 Å². The highest BCUT2D eigenvalue weighted by Gasteiger charge is 2.29. The number of hydrogen-bond acceptors (Lipinski definition) is 2. The highest BCUT2D eigenvalue weighted by Crippen LogP contribution is 2.26. The minimum Gasteiger partial charge on any atom is -0.300 e. The monoisotopic (exact) mass is 166 g/mol. The Kier molecular flexibility index (Phi) is 3.55. The normalized spacial score (nSPS) is 22.7. The van der Waals surface area contributed by atoms with Gasteiger partial charge < -0.3 is 0 Å². The average Bonchev–Trinajstić information content (AvgIpc) is 2.32. The molecule has 1 aliphatic carbocycles. The second kappa shape index (κ2) is 4.47. The van der Waals surface area contributed by atoms with E-state index in [1.807, 2.05) is 0 Å². The molecule has 0 heterocycles. The van der Waals surface area contributed by atoms with Gasteiger partial charge in [-0.2, -0.15) is 5.26 Å². The first kappa shape index (κ1) is 9.54. The molecule has 68 valence electrons. The number of nitrogens with zero attached hydrogens (tertiary/aromatic N) is 1. The molecule has 2 heteroatoms. The lowest BCUT2D eigenvalue weighted by Gasteiger charge is -2.25. The Labute approximate surface area is 75.0 Å². The van der Waals surface area contributed by atoms with E-state index >= 15 is 0 Å². The first-order chi connectivity index (χ1) is 5.83. The van der Waals surface area contributed by atoms with Crippen LogP contribution in [0.1, 0.15) is 45.4 Å². The maximum absolute atomic E-state index is 9.09. The second-order valence-electron chi connectivity index (χ2n) is 3.64. The number of nitrogens with one attached hydrogen (secondary N) is 1. The van der Waals surface area contributed by atoms with Gasteiger partial charge in [0.05, 0.1) is 6.07 Å². The predicted molar refractivity (Wildman–Crippen MR) is 49.7 cm³/mol. The number of nitriles is 1. The zero-order valence-electron chi connectivity index (χ0n) is 7.90. The van der Waals surface area contributed by atoms with Gasteiger partial charge in [0, 0.05) is 0 Å². The fourth-order valence-corrected chi connectivity index (χ4v) is 2.00. The van der Waals surface area contributed by atoms with Crippen molar-refractivity contribution in [3.8, 4) is 6.07 Å². The zero-order chi connectivity index (χ0) is 8.86. The van der Waals surface area contributed by atoms with E-state index in [4.69, 9.17) is 5.26 Å². The van der Waals surface area contributed by atoms with Crippen molar-refractivity contribution < 1.29 is 0 Å². The summed E-state index contributed by atoms with van der Waals surface area (Å²) in [4.78, 5) is 0. The molecule has 0 bridgehead atoms. The molecule has 0 spiro atoms. The van der Waals surface area contributed by atoms with Gasteiger partial charge in [-0.3, -0.25) is 5.32 Å². The summed E-state index contributed by atoms with van der Waals surface area (Å²) >= 11 is 0. The standard InChI is InChI=1S/C10H18N2/c1-2-12-10(9-11)7-5-3-4-6-8-10/h12H,2-8H2,1H3. The van der Waals surface area contributed by atoms with E-state index in [9.17, 15) is 0 Å². The van der Waals surface area contributed by atoms with Crippen LogP contribution in [-0.2, 0) is 0 Å². The number of hydrogen-bond donors (Lipinski definition) is 1. The van der Waals surface area contributed by atoms with Gasteiger partial charge in [-0.15, -0.1) is 0 Å². The maximum atomic E-state index is 9.09. The van der Waals surface area contributed by atoms with Crippen LogP contribution in [0.3, 0.4) is 0 Å². The summed E-state index contributed by atoms with van der Waals surface area (Å²) < 4.78 is 0. The van der Waals surface area contributed by atoms with Crippen LogP contribution in [0.5, 0.6) is 0 Å². The summed E-state index contributed by atoms with van der Waals surface area (Å²) in [6.45, 7) is 2.98. The fraction of sp³-hybridized carbons (Fsp3) is 0.900. The smallest absolute Gasteiger partial charge is 0.106 e. The molecular weight excluding hydrogens is 148 g/mol. The first-order valence-corrected chi connectivity index (χ1v) is 4.99. The SMILES string of the molecule is CCNC1(C#N)CCCCCC1. The van der Waals surface area contributed by atoms with Crippen molar-refractivity contribution in [2.45, 2.75) is 51.0 Å². The second-order valence-corrected chi connectivity index (χ2v) is 3.64. The molecule has 0 unspecified atom stereocenters. The van der Waals surface area contributed by atoms with Crippen molar-refractivity contribution in [3.63, 3.8) is 0 Å². The average molecular weight is 166 g/mol. The van der Waals surface area contributed by atoms with Crippen molar-refractivity contribution in [1.82, 2.24) is 5.32 Å². The quantitative estimate of drug-likeness (QED) is 0.638. The fourth-order valence-electron chi connectivity index (χ4n) is 2.00. The summed E-state index contributed by atoms with van der Waals surface area (Å²) in [6.07, 6.45) is 7.10. The Morgan fingerprint density at radius 1 is 1.25 bits per heavy atom. The molecular formula is C10H18N2. The Bertz CT molecular complexity index is 161. The lowest BCUT2D eigenvalue weighted by molar-refractivity contribution is 0.375. The van der Waals surface area contributed by atoms with E-state index in [0.29, 0.717) is 0 Å². The lowest BCUT2D eigenvalue weighted by Crippen LogP contribution is -2.43. The minimum absolute atomic E-state index is 0.189. The number of rotatable bonds is 2. The summed E-state index contributed by atoms with van der Waals surface area (Å²) in [5.74, 6) is 0. The molecule has 0 aromatic heterocycles. The van der Waals surface area contributed by atoms with Gasteiger partial charge in [0.15, 0.2) is 0 Å². The summed E-state index contributed by atoms with van der Waals surface area (Å²) in [7, 11) is 0. The molecule has 0 amide bonds. The van der Waals surface area contributed by atoms with Crippen molar-refractivity contribution in [1.29, 1.82) is 5.26 Å². The molecule has 0 aromatic carbocycles. The highest BCUT2D eigenvalue weighted by molar-refractivity contribution is 5.07. The molecule has 1 N–H and O–H groups in total. The summed E-state index contributed by atoms with van der Waals surface area (Å²) in [5, 5.41) is 12.4. The van der Waals surface area contributed by atoms with Gasteiger partial charge >= 0.3 is 0 Å². The molecule has 0 atom stereocenters. The molecule has 12 heavy (non-hydrogen) atoms. The van der Waals surface area contributed by atoms with E-state index in [2.05, 4.69) is 18.3 Å². The third-order valence-corrected chi connectivity index (χ3v) is 2.69. The third-order valence-electron chi connectivity index (χ3n) is 2.69. The van der Waals surface area contributed by atoms with Crippen LogP contribution >= 0.6 is 0 Å². The van der Waals surface area contributed by atoms with E-state index < -0.39 is 0 Å². The minimum atomic E-state index is -0.189. The topological polar surface area (TPSA) is 35.8 Å². The van der Waals surface area contributed by atoms with Crippen LogP contribution in [0.2, 0.25) is 0 Å². The van der Waals surface area contributed by atoms with Gasteiger partial charge in [-0.25, -0.2) is 0 Å². The van der Waals surface area contributed by atoms with Crippen LogP contribution in [0.15, 0.2) is 0 Å². The van der Waals surface area contributed by atoms with Crippen LogP contribution in [-0.4, -0.2) is 12.1 Å². The largest absolute Gasteiger partial charge is 0.300 e. The molecule has 1 fully saturated rings. The zero-order valence-corrected chi connectivity index (χ0v) is 7.90. The Hall–Kier alpha value is -0.550. The molecule has 1 rings (SSSR count). The van der Waals surface area contributed by atoms with Crippen LogP contribution in [0, 0.1) is 11.3 Å². The van der Waals surface area contributed by atoms with Crippen molar-refractivity contribution >= 4 is 0 Å². The lowest BCUT2D eigenvalue weighted by atomic mass is 9.92. The molecule has 0 aromatic rings. The van der Waals surface area contributed by atoms with E-state index in [1.54, 1.807) is 0 Å². The van der Waals surface area contributed by atoms with Crippen LogP contribution < -0.4 is 5.32 Å². The highest BCUT2D eigenvalue weighted by atomic mass is 15.0. The maximum Gasteiger partial charge on any atom is 0.106 e. The van der Waals surface area contributed by atoms with Crippen molar-refractivity contribution in [3.05, 3.63) is 0 Å². The van der Waals surface area contributed by atoms with E-state index in [0.717, 1.165) is 19.4 Å².